The summed E-state index contributed by atoms with van der Waals surface area (Å²) in [7, 11) is 3.72. The van der Waals surface area contributed by atoms with Crippen molar-refractivity contribution in [2.24, 2.45) is 5.73 Å². The number of methoxy groups -OCH3 is 1. The Labute approximate surface area is 165 Å². The quantitative estimate of drug-likeness (QED) is 0.730. The number of amides is 1. The van der Waals surface area contributed by atoms with Crippen molar-refractivity contribution in [3.8, 4) is 11.5 Å². The van der Waals surface area contributed by atoms with Crippen LogP contribution in [0, 0.1) is 0 Å². The Morgan fingerprint density at radius 3 is 2.58 bits per heavy atom. The third-order valence-electron chi connectivity index (χ3n) is 5.15. The third kappa shape index (κ3) is 4.94. The summed E-state index contributed by atoms with van der Waals surface area (Å²) < 4.78 is 10.8. The molecule has 2 aliphatic heterocycles. The minimum Gasteiger partial charge on any atom is -0.493 e. The van der Waals surface area contributed by atoms with E-state index in [0.29, 0.717) is 34.6 Å². The second-order valence-electron chi connectivity index (χ2n) is 7.04. The zero-order valence-electron chi connectivity index (χ0n) is 15.2. The molecule has 2 atom stereocenters. The maximum absolute atomic E-state index is 10.9. The number of carbonyl (C=O) groups is 1. The lowest BCUT2D eigenvalue weighted by Gasteiger charge is -2.35. The number of piperidine rings is 1. The van der Waals surface area contributed by atoms with Gasteiger partial charge in [0.25, 0.3) is 5.91 Å². The number of fused-ring (bicyclic) bond motifs is 2. The van der Waals surface area contributed by atoms with Crippen molar-refractivity contribution in [3.05, 3.63) is 22.7 Å². The van der Waals surface area contributed by atoms with Gasteiger partial charge in [-0.25, -0.2) is 0 Å². The van der Waals surface area contributed by atoms with E-state index in [0.717, 1.165) is 12.1 Å². The number of benzene rings is 1. The molecule has 1 aromatic rings. The van der Waals surface area contributed by atoms with Crippen LogP contribution >= 0.6 is 24.0 Å². The van der Waals surface area contributed by atoms with Crippen LogP contribution in [0.25, 0.3) is 0 Å². The smallest absolute Gasteiger partial charge is 0.255 e. The number of nitrogens with zero attached hydrogens (tertiary/aromatic N) is 1. The molecule has 6 nitrogen and oxygen atoms in total. The molecule has 3 N–H and O–H groups in total. The Balaban J connectivity index is 0.00000243. The van der Waals surface area contributed by atoms with Gasteiger partial charge in [-0.15, -0.1) is 12.4 Å². The van der Waals surface area contributed by atoms with Crippen molar-refractivity contribution in [1.82, 2.24) is 10.2 Å². The number of ether oxygens (including phenoxy) is 2. The first-order valence-electron chi connectivity index (χ1n) is 8.70. The summed E-state index contributed by atoms with van der Waals surface area (Å²) >= 11 is 6.34. The molecule has 2 aliphatic rings. The third-order valence-corrected chi connectivity index (χ3v) is 5.43. The maximum atomic E-state index is 10.9. The van der Waals surface area contributed by atoms with Gasteiger partial charge in [0, 0.05) is 24.7 Å². The van der Waals surface area contributed by atoms with E-state index in [4.69, 9.17) is 26.8 Å². The largest absolute Gasteiger partial charge is 0.493 e. The number of nitrogens with two attached hydrogens (primary N) is 1. The number of nitrogens with one attached hydrogen (secondary N) is 1. The van der Waals surface area contributed by atoms with Gasteiger partial charge in [0.1, 0.15) is 0 Å². The van der Waals surface area contributed by atoms with Crippen LogP contribution in [0.1, 0.15) is 31.2 Å². The van der Waals surface area contributed by atoms with Gasteiger partial charge in [-0.2, -0.15) is 0 Å². The van der Waals surface area contributed by atoms with Gasteiger partial charge in [0.15, 0.2) is 18.1 Å². The minimum absolute atomic E-state index is 0. The molecule has 2 bridgehead atoms. The summed E-state index contributed by atoms with van der Waals surface area (Å²) in [5.41, 5.74) is 6.19. The highest BCUT2D eigenvalue weighted by Crippen LogP contribution is 2.37. The number of halogens is 2. The molecular weight excluding hydrogens is 377 g/mol. The average Bonchev–Trinajstić information content (AvgIpc) is 2.91. The maximum Gasteiger partial charge on any atom is 0.255 e. The molecule has 0 aliphatic carbocycles. The second kappa shape index (κ2) is 9.13. The summed E-state index contributed by atoms with van der Waals surface area (Å²) in [6.45, 7) is 0.559. The van der Waals surface area contributed by atoms with E-state index in [-0.39, 0.29) is 19.0 Å². The molecule has 2 saturated heterocycles. The first kappa shape index (κ1) is 21.1. The molecule has 2 unspecified atom stereocenters. The van der Waals surface area contributed by atoms with E-state index >= 15 is 0 Å². The lowest BCUT2D eigenvalue weighted by Crippen LogP contribution is -2.46. The SMILES string of the molecule is COc1cc(CN(C)C2CC3CCC(C2)N3)cc(Cl)c1OCC(N)=O.Cl. The summed E-state index contributed by atoms with van der Waals surface area (Å²) in [6, 6.07) is 5.68. The Morgan fingerprint density at radius 2 is 2.00 bits per heavy atom. The molecule has 0 saturated carbocycles. The molecule has 0 radical (unpaired) electrons. The van der Waals surface area contributed by atoms with Gasteiger partial charge in [-0.05, 0) is 50.4 Å². The zero-order valence-corrected chi connectivity index (χ0v) is 16.7. The van der Waals surface area contributed by atoms with Crippen LogP contribution in [0.5, 0.6) is 11.5 Å². The van der Waals surface area contributed by atoms with E-state index in [1.807, 2.05) is 12.1 Å². The van der Waals surface area contributed by atoms with E-state index < -0.39 is 5.91 Å². The Bertz CT molecular complexity index is 632. The molecule has 2 heterocycles. The molecule has 0 aromatic heterocycles. The summed E-state index contributed by atoms with van der Waals surface area (Å²) in [4.78, 5) is 13.3. The number of primary amides is 1. The molecule has 146 valence electrons. The van der Waals surface area contributed by atoms with Gasteiger partial charge < -0.3 is 20.5 Å². The normalized spacial score (nSPS) is 24.2. The molecule has 1 amide bonds. The van der Waals surface area contributed by atoms with Crippen molar-refractivity contribution in [1.29, 1.82) is 0 Å². The lowest BCUT2D eigenvalue weighted by atomic mass is 9.98. The molecule has 0 spiro atoms. The average molecular weight is 404 g/mol. The van der Waals surface area contributed by atoms with Crippen LogP contribution in [0.2, 0.25) is 5.02 Å². The highest BCUT2D eigenvalue weighted by Gasteiger charge is 2.35. The van der Waals surface area contributed by atoms with E-state index in [9.17, 15) is 4.79 Å². The number of rotatable bonds is 7. The summed E-state index contributed by atoms with van der Waals surface area (Å²) in [6.07, 6.45) is 4.97. The second-order valence-corrected chi connectivity index (χ2v) is 7.45. The van der Waals surface area contributed by atoms with Crippen molar-refractivity contribution < 1.29 is 14.3 Å². The Morgan fingerprint density at radius 1 is 1.35 bits per heavy atom. The van der Waals surface area contributed by atoms with Crippen molar-refractivity contribution >= 4 is 29.9 Å². The number of hydrogen-bond acceptors (Lipinski definition) is 5. The van der Waals surface area contributed by atoms with Crippen LogP contribution in [0.3, 0.4) is 0 Å². The van der Waals surface area contributed by atoms with Crippen LogP contribution in [-0.2, 0) is 11.3 Å². The van der Waals surface area contributed by atoms with Crippen LogP contribution in [0.4, 0.5) is 0 Å². The Kier molecular flexibility index (Phi) is 7.41. The highest BCUT2D eigenvalue weighted by molar-refractivity contribution is 6.32. The van der Waals surface area contributed by atoms with Crippen LogP contribution < -0.4 is 20.5 Å². The monoisotopic (exact) mass is 403 g/mol. The van der Waals surface area contributed by atoms with Gasteiger partial charge in [-0.1, -0.05) is 11.6 Å². The fourth-order valence-electron chi connectivity index (χ4n) is 3.95. The number of hydrogen-bond donors (Lipinski definition) is 2. The number of carbonyl (C=O) groups excluding carboxylic acids is 1. The fourth-order valence-corrected chi connectivity index (χ4v) is 4.24. The first-order valence-corrected chi connectivity index (χ1v) is 9.08. The van der Waals surface area contributed by atoms with Crippen LogP contribution in [0.15, 0.2) is 12.1 Å². The molecule has 3 rings (SSSR count). The summed E-state index contributed by atoms with van der Waals surface area (Å²) in [5, 5.41) is 4.10. The van der Waals surface area contributed by atoms with E-state index in [2.05, 4.69) is 17.3 Å². The first-order chi connectivity index (χ1) is 12.0. The molecule has 26 heavy (non-hydrogen) atoms. The highest BCUT2D eigenvalue weighted by atomic mass is 35.5. The molecule has 1 aromatic carbocycles. The summed E-state index contributed by atoms with van der Waals surface area (Å²) in [5.74, 6) is 0.319. The van der Waals surface area contributed by atoms with Gasteiger partial charge >= 0.3 is 0 Å². The van der Waals surface area contributed by atoms with Crippen molar-refractivity contribution in [2.75, 3.05) is 20.8 Å². The molecular formula is C18H27Cl2N3O3. The predicted octanol–water partition coefficient (Wildman–Crippen LogP) is 2.35. The van der Waals surface area contributed by atoms with Crippen molar-refractivity contribution in [3.63, 3.8) is 0 Å². The fraction of sp³-hybridized carbons (Fsp3) is 0.611. The topological polar surface area (TPSA) is 76.8 Å². The van der Waals surface area contributed by atoms with Crippen LogP contribution in [-0.4, -0.2) is 49.7 Å². The standard InChI is InChI=1S/C18H26ClN3O3.ClH/c1-22(14-7-12-3-4-13(8-14)21-12)9-11-5-15(19)18(16(6-11)24-2)25-10-17(20)23;/h5-6,12-14,21H,3-4,7-10H2,1-2H3,(H2,20,23);1H. The van der Waals surface area contributed by atoms with E-state index in [1.165, 1.54) is 25.7 Å². The van der Waals surface area contributed by atoms with Gasteiger partial charge in [0.05, 0.1) is 12.1 Å². The Hall–Kier alpha value is -1.21. The van der Waals surface area contributed by atoms with Gasteiger partial charge in [0.2, 0.25) is 0 Å². The molecule has 2 fully saturated rings. The zero-order chi connectivity index (χ0) is 18.0. The van der Waals surface area contributed by atoms with Crippen molar-refractivity contribution in [2.45, 2.75) is 50.4 Å². The van der Waals surface area contributed by atoms with Gasteiger partial charge in [-0.3, -0.25) is 9.69 Å². The lowest BCUT2D eigenvalue weighted by molar-refractivity contribution is -0.119. The van der Waals surface area contributed by atoms with E-state index in [1.54, 1.807) is 7.11 Å². The minimum atomic E-state index is -0.553. The molecule has 8 heteroatoms. The predicted molar refractivity (Wildman–Crippen MR) is 104 cm³/mol.